The maximum Gasteiger partial charge on any atom is 0.416 e. The number of halogens is 3. The van der Waals surface area contributed by atoms with Crippen LogP contribution in [0.25, 0.3) is 5.70 Å². The van der Waals surface area contributed by atoms with Crippen molar-refractivity contribution in [1.82, 2.24) is 14.7 Å². The molecule has 2 N–H and O–H groups in total. The van der Waals surface area contributed by atoms with E-state index in [1.54, 1.807) is 13.0 Å². The molecule has 1 aliphatic rings. The van der Waals surface area contributed by atoms with Gasteiger partial charge in [-0.05, 0) is 76.2 Å². The summed E-state index contributed by atoms with van der Waals surface area (Å²) in [7, 11) is 0. The Balaban J connectivity index is 1.75. The van der Waals surface area contributed by atoms with E-state index in [2.05, 4.69) is 35.4 Å². The topological polar surface area (TPSA) is 95.0 Å². The molecule has 0 bridgehead atoms. The molecule has 0 unspecified atom stereocenters. The number of aryl methyl sites for hydroxylation is 1. The summed E-state index contributed by atoms with van der Waals surface area (Å²) >= 11 is 0. The van der Waals surface area contributed by atoms with Crippen LogP contribution in [0.15, 0.2) is 35.8 Å². The number of carbonyl (C=O) groups is 1. The first-order chi connectivity index (χ1) is 19.0. The van der Waals surface area contributed by atoms with E-state index in [1.807, 2.05) is 17.7 Å². The van der Waals surface area contributed by atoms with Gasteiger partial charge in [-0.3, -0.25) is 9.48 Å². The summed E-state index contributed by atoms with van der Waals surface area (Å²) in [5, 5.41) is 4.49. The van der Waals surface area contributed by atoms with Crippen molar-refractivity contribution in [2.75, 3.05) is 26.2 Å². The van der Waals surface area contributed by atoms with Gasteiger partial charge in [-0.1, -0.05) is 32.6 Å². The molecule has 1 aliphatic heterocycles. The lowest BCUT2D eigenvalue weighted by Crippen LogP contribution is -2.38. The Bertz CT molecular complexity index is 1200. The van der Waals surface area contributed by atoms with Crippen molar-refractivity contribution < 1.29 is 27.5 Å². The number of benzene rings is 1. The predicted molar refractivity (Wildman–Crippen MR) is 148 cm³/mol. The van der Waals surface area contributed by atoms with Crippen molar-refractivity contribution in [1.29, 1.82) is 0 Å². The van der Waals surface area contributed by atoms with Gasteiger partial charge in [0.25, 0.3) is 5.90 Å². The molecule has 8 nitrogen and oxygen atoms in total. The highest BCUT2D eigenvalue weighted by atomic mass is 19.4. The molecule has 1 fully saturated rings. The lowest BCUT2D eigenvalue weighted by molar-refractivity contribution is -0.149. The number of hydrogen-bond donors (Lipinski definition) is 1. The predicted octanol–water partition coefficient (Wildman–Crippen LogP) is 5.25. The molecule has 3 rings (SSSR count). The minimum Gasteiger partial charge on any atom is -0.466 e. The number of aromatic nitrogens is 2. The van der Waals surface area contributed by atoms with E-state index in [0.717, 1.165) is 18.2 Å². The van der Waals surface area contributed by atoms with Crippen LogP contribution in [0.4, 0.5) is 13.2 Å². The third-order valence-corrected chi connectivity index (χ3v) is 7.00. The van der Waals surface area contributed by atoms with Crippen LogP contribution in [0.3, 0.4) is 0 Å². The summed E-state index contributed by atoms with van der Waals surface area (Å²) in [6, 6.07) is 5.94. The lowest BCUT2D eigenvalue weighted by Gasteiger charge is -2.31. The summed E-state index contributed by atoms with van der Waals surface area (Å²) in [6.45, 7) is 14.5. The molecular formula is C29H40F3N5O3. The molecule has 1 aromatic carbocycles. The van der Waals surface area contributed by atoms with E-state index in [0.29, 0.717) is 57.2 Å². The number of piperidine rings is 1. The van der Waals surface area contributed by atoms with Gasteiger partial charge in [0.2, 0.25) is 0 Å². The maximum absolute atomic E-state index is 14.1. The number of alkyl halides is 3. The molecule has 220 valence electrons. The van der Waals surface area contributed by atoms with Gasteiger partial charge in [0, 0.05) is 24.3 Å². The Morgan fingerprint density at radius 1 is 1.23 bits per heavy atom. The molecule has 0 radical (unpaired) electrons. The minimum absolute atomic E-state index is 0.0222. The molecule has 0 spiro atoms. The van der Waals surface area contributed by atoms with Crippen molar-refractivity contribution in [3.05, 3.63) is 58.9 Å². The van der Waals surface area contributed by atoms with Gasteiger partial charge in [-0.25, -0.2) is 4.99 Å². The van der Waals surface area contributed by atoms with Crippen LogP contribution in [0, 0.1) is 11.8 Å². The molecule has 1 saturated heterocycles. The number of nitrogens with two attached hydrogens (primary N) is 1. The molecule has 2 heterocycles. The quantitative estimate of drug-likeness (QED) is 0.174. The fourth-order valence-corrected chi connectivity index (χ4v) is 4.92. The number of carbonyl (C=O) groups excluding carboxylic acids is 1. The van der Waals surface area contributed by atoms with Crippen LogP contribution >= 0.6 is 0 Å². The number of rotatable bonds is 11. The van der Waals surface area contributed by atoms with Crippen LogP contribution in [0.1, 0.15) is 68.6 Å². The van der Waals surface area contributed by atoms with Crippen LogP contribution in [0.2, 0.25) is 0 Å². The molecule has 40 heavy (non-hydrogen) atoms. The minimum atomic E-state index is -4.55. The van der Waals surface area contributed by atoms with Gasteiger partial charge in [0.1, 0.15) is 5.69 Å². The molecule has 11 heteroatoms. The summed E-state index contributed by atoms with van der Waals surface area (Å²) in [4.78, 5) is 23.3. The van der Waals surface area contributed by atoms with Gasteiger partial charge >= 0.3 is 12.1 Å². The summed E-state index contributed by atoms with van der Waals surface area (Å²) in [5.41, 5.74) is 1.12. The first-order valence-electron chi connectivity index (χ1n) is 13.8. The van der Waals surface area contributed by atoms with Gasteiger partial charge in [-0.15, -0.1) is 0 Å². The van der Waals surface area contributed by atoms with E-state index < -0.39 is 11.7 Å². The van der Waals surface area contributed by atoms with Crippen molar-refractivity contribution in [2.45, 2.75) is 66.1 Å². The first kappa shape index (κ1) is 31.3. The Morgan fingerprint density at radius 3 is 2.50 bits per heavy atom. The van der Waals surface area contributed by atoms with E-state index in [4.69, 9.17) is 15.5 Å². The van der Waals surface area contributed by atoms with Crippen LogP contribution < -0.4 is 5.90 Å². The molecule has 1 aromatic heterocycles. The van der Waals surface area contributed by atoms with E-state index in [9.17, 15) is 18.0 Å². The zero-order valence-electron chi connectivity index (χ0n) is 23.8. The Kier molecular flexibility index (Phi) is 10.9. The standard InChI is InChI=1S/C29H40F3N5O3/c1-6-37-24(16-19(3)4)18-26(35-37)27(40-33)34-20(5)23-9-8-21(25(17-23)29(30,31)32)10-13-36-14-11-22(12-15-36)28(38)39-7-2/h8-9,17-19,22H,5-7,10-16,33H2,1-4H3. The lowest BCUT2D eigenvalue weighted by atomic mass is 9.96. The molecule has 0 aliphatic carbocycles. The average molecular weight is 564 g/mol. The monoisotopic (exact) mass is 563 g/mol. The molecule has 0 saturated carbocycles. The highest BCUT2D eigenvalue weighted by molar-refractivity contribution is 5.95. The zero-order valence-corrected chi connectivity index (χ0v) is 23.8. The second-order valence-corrected chi connectivity index (χ2v) is 10.4. The zero-order chi connectivity index (χ0) is 29.4. The fourth-order valence-electron chi connectivity index (χ4n) is 4.92. The van der Waals surface area contributed by atoms with Crippen molar-refractivity contribution in [3.8, 4) is 0 Å². The average Bonchev–Trinajstić information content (AvgIpc) is 3.32. The Labute approximate surface area is 234 Å². The van der Waals surface area contributed by atoms with Gasteiger partial charge < -0.3 is 14.5 Å². The molecule has 0 amide bonds. The number of likely N-dealkylation sites (tertiary alicyclic amines) is 1. The summed E-state index contributed by atoms with van der Waals surface area (Å²) in [5.74, 6) is 5.51. The maximum atomic E-state index is 14.1. The number of ether oxygens (including phenoxy) is 1. The van der Waals surface area contributed by atoms with Crippen molar-refractivity contribution in [2.24, 2.45) is 22.7 Å². The number of nitrogens with zero attached hydrogens (tertiary/aromatic N) is 4. The largest absolute Gasteiger partial charge is 0.466 e. The summed E-state index contributed by atoms with van der Waals surface area (Å²) in [6.07, 6.45) is -2.25. The molecule has 2 aromatic rings. The molecular weight excluding hydrogens is 523 g/mol. The van der Waals surface area contributed by atoms with Crippen LogP contribution in [0.5, 0.6) is 0 Å². The second kappa shape index (κ2) is 13.9. The van der Waals surface area contributed by atoms with Crippen LogP contribution in [-0.4, -0.2) is 52.8 Å². The number of hydrogen-bond acceptors (Lipinski definition) is 7. The SMILES string of the molecule is C=C(N=C(ON)c1cc(CC(C)C)n(CC)n1)c1ccc(CCN2CCC(C(=O)OCC)CC2)c(C(F)(F)F)c1. The second-order valence-electron chi connectivity index (χ2n) is 10.4. The first-order valence-corrected chi connectivity index (χ1v) is 13.8. The summed E-state index contributed by atoms with van der Waals surface area (Å²) < 4.78 is 49.1. The van der Waals surface area contributed by atoms with Gasteiger partial charge in [-0.2, -0.15) is 24.2 Å². The highest BCUT2D eigenvalue weighted by Gasteiger charge is 2.34. The molecule has 0 atom stereocenters. The number of esters is 1. The van der Waals surface area contributed by atoms with Crippen LogP contribution in [-0.2, 0) is 39.9 Å². The van der Waals surface area contributed by atoms with E-state index in [-0.39, 0.29) is 41.0 Å². The van der Waals surface area contributed by atoms with Gasteiger partial charge in [0.05, 0.1) is 23.8 Å². The van der Waals surface area contributed by atoms with E-state index in [1.165, 1.54) is 6.07 Å². The van der Waals surface area contributed by atoms with Crippen molar-refractivity contribution in [3.63, 3.8) is 0 Å². The van der Waals surface area contributed by atoms with E-state index >= 15 is 0 Å². The highest BCUT2D eigenvalue weighted by Crippen LogP contribution is 2.34. The Hall–Kier alpha value is -3.18. The Morgan fingerprint density at radius 2 is 1.93 bits per heavy atom. The third-order valence-electron chi connectivity index (χ3n) is 7.00. The smallest absolute Gasteiger partial charge is 0.416 e. The van der Waals surface area contributed by atoms with Gasteiger partial charge in [0.15, 0.2) is 0 Å². The normalized spacial score (nSPS) is 15.5. The third kappa shape index (κ3) is 8.17. The fraction of sp³-hybridized carbons (Fsp3) is 0.552. The number of aliphatic imine (C=N–C) groups is 1. The van der Waals surface area contributed by atoms with Crippen molar-refractivity contribution >= 4 is 17.6 Å².